The maximum absolute atomic E-state index is 6.24. The van der Waals surface area contributed by atoms with Gasteiger partial charge in [0, 0.05) is 23.2 Å². The van der Waals surface area contributed by atoms with Crippen molar-refractivity contribution in [3.8, 4) is 0 Å². The Balaban J connectivity index is 2.53. The fourth-order valence-corrected chi connectivity index (χ4v) is 2.48. The Hall–Kier alpha value is -0.690. The molecule has 1 aromatic rings. The smallest absolute Gasteiger partial charge is 0.0462 e. The molecule has 1 aliphatic heterocycles. The van der Waals surface area contributed by atoms with Gasteiger partial charge in [-0.15, -0.1) is 0 Å². The van der Waals surface area contributed by atoms with Crippen LogP contribution >= 0.6 is 11.6 Å². The van der Waals surface area contributed by atoms with E-state index in [9.17, 15) is 0 Å². The fourth-order valence-electron chi connectivity index (χ4n) is 2.18. The highest BCUT2D eigenvalue weighted by Crippen LogP contribution is 2.42. The minimum atomic E-state index is 0.567. The summed E-state index contributed by atoms with van der Waals surface area (Å²) in [7, 11) is 0. The van der Waals surface area contributed by atoms with Crippen LogP contribution in [0.3, 0.4) is 0 Å². The van der Waals surface area contributed by atoms with Gasteiger partial charge in [-0.1, -0.05) is 31.5 Å². The number of hydrogen-bond acceptors (Lipinski definition) is 1. The number of benzene rings is 1. The molecule has 0 bridgehead atoms. The van der Waals surface area contributed by atoms with Crippen molar-refractivity contribution in [2.75, 3.05) is 11.9 Å². The topological polar surface area (TPSA) is 12.0 Å². The van der Waals surface area contributed by atoms with Crippen molar-refractivity contribution in [2.45, 2.75) is 26.7 Å². The molecule has 2 rings (SSSR count). The van der Waals surface area contributed by atoms with Gasteiger partial charge in [-0.3, -0.25) is 0 Å². The van der Waals surface area contributed by atoms with E-state index in [1.54, 1.807) is 0 Å². The molecule has 1 unspecified atom stereocenters. The van der Waals surface area contributed by atoms with Gasteiger partial charge < -0.3 is 5.32 Å². The third-order valence-corrected chi connectivity index (χ3v) is 3.40. The zero-order chi connectivity index (χ0) is 10.3. The largest absolute Gasteiger partial charge is 0.384 e. The molecule has 2 heteroatoms. The van der Waals surface area contributed by atoms with Gasteiger partial charge in [0.05, 0.1) is 0 Å². The van der Waals surface area contributed by atoms with E-state index >= 15 is 0 Å². The number of nitrogens with one attached hydrogen (secondary N) is 1. The van der Waals surface area contributed by atoms with Crippen molar-refractivity contribution < 1.29 is 0 Å². The van der Waals surface area contributed by atoms with E-state index in [2.05, 4.69) is 32.2 Å². The van der Waals surface area contributed by atoms with Crippen LogP contribution in [-0.2, 0) is 0 Å². The molecular formula is C12H16ClN. The fraction of sp³-hybridized carbons (Fsp3) is 0.500. The van der Waals surface area contributed by atoms with Gasteiger partial charge in [0.2, 0.25) is 0 Å². The lowest BCUT2D eigenvalue weighted by atomic mass is 9.89. The number of fused-ring (bicyclic) bond motifs is 1. The SMILES string of the molecule is Cc1ccc(Cl)c2c1NCC2C(C)C. The lowest BCUT2D eigenvalue weighted by Gasteiger charge is -2.15. The summed E-state index contributed by atoms with van der Waals surface area (Å²) in [5.41, 5.74) is 3.88. The Morgan fingerprint density at radius 1 is 1.43 bits per heavy atom. The molecule has 14 heavy (non-hydrogen) atoms. The average Bonchev–Trinajstić information content (AvgIpc) is 2.56. The second-order valence-corrected chi connectivity index (χ2v) is 4.79. The molecule has 1 aliphatic rings. The van der Waals surface area contributed by atoms with Gasteiger partial charge in [0.25, 0.3) is 0 Å². The number of aryl methyl sites for hydroxylation is 1. The van der Waals surface area contributed by atoms with E-state index in [0.717, 1.165) is 11.6 Å². The Morgan fingerprint density at radius 3 is 2.79 bits per heavy atom. The molecule has 1 nitrogen and oxygen atoms in total. The maximum atomic E-state index is 6.24. The van der Waals surface area contributed by atoms with Crippen LogP contribution in [0.4, 0.5) is 5.69 Å². The van der Waals surface area contributed by atoms with Gasteiger partial charge in [-0.05, 0) is 30.0 Å². The molecule has 0 radical (unpaired) electrons. The first-order valence-electron chi connectivity index (χ1n) is 5.14. The molecule has 1 heterocycles. The van der Waals surface area contributed by atoms with E-state index in [1.807, 2.05) is 6.07 Å². The van der Waals surface area contributed by atoms with E-state index in [-0.39, 0.29) is 0 Å². The summed E-state index contributed by atoms with van der Waals surface area (Å²) >= 11 is 6.24. The minimum Gasteiger partial charge on any atom is -0.384 e. The van der Waals surface area contributed by atoms with Crippen molar-refractivity contribution in [3.05, 3.63) is 28.3 Å². The maximum Gasteiger partial charge on any atom is 0.0462 e. The summed E-state index contributed by atoms with van der Waals surface area (Å²) in [5, 5.41) is 4.37. The first kappa shape index (κ1) is 9.85. The predicted octanol–water partition coefficient (Wildman–Crippen LogP) is 3.81. The van der Waals surface area contributed by atoms with Crippen LogP contribution in [0.2, 0.25) is 5.02 Å². The van der Waals surface area contributed by atoms with Crippen LogP contribution in [0.1, 0.15) is 30.9 Å². The molecule has 1 aromatic carbocycles. The normalized spacial score (nSPS) is 19.6. The number of anilines is 1. The van der Waals surface area contributed by atoms with Crippen LogP contribution in [0.25, 0.3) is 0 Å². The Bertz CT molecular complexity index is 358. The predicted molar refractivity (Wildman–Crippen MR) is 62.3 cm³/mol. The van der Waals surface area contributed by atoms with Crippen molar-refractivity contribution in [3.63, 3.8) is 0 Å². The summed E-state index contributed by atoms with van der Waals surface area (Å²) in [6.07, 6.45) is 0. The Morgan fingerprint density at radius 2 is 2.14 bits per heavy atom. The van der Waals surface area contributed by atoms with Gasteiger partial charge in [0.1, 0.15) is 0 Å². The van der Waals surface area contributed by atoms with Crippen molar-refractivity contribution in [2.24, 2.45) is 5.92 Å². The Labute approximate surface area is 90.5 Å². The highest BCUT2D eigenvalue weighted by molar-refractivity contribution is 6.32. The molecule has 0 fully saturated rings. The first-order valence-corrected chi connectivity index (χ1v) is 5.52. The molecule has 1 N–H and O–H groups in total. The number of rotatable bonds is 1. The van der Waals surface area contributed by atoms with Crippen LogP contribution in [0, 0.1) is 12.8 Å². The van der Waals surface area contributed by atoms with E-state index in [4.69, 9.17) is 11.6 Å². The highest BCUT2D eigenvalue weighted by atomic mass is 35.5. The van der Waals surface area contributed by atoms with Gasteiger partial charge >= 0.3 is 0 Å². The van der Waals surface area contributed by atoms with E-state index in [0.29, 0.717) is 11.8 Å². The summed E-state index contributed by atoms with van der Waals surface area (Å²) in [6, 6.07) is 4.09. The monoisotopic (exact) mass is 209 g/mol. The molecule has 1 atom stereocenters. The van der Waals surface area contributed by atoms with Crippen LogP contribution < -0.4 is 5.32 Å². The zero-order valence-electron chi connectivity index (χ0n) is 8.89. The lowest BCUT2D eigenvalue weighted by molar-refractivity contribution is 0.533. The second kappa shape index (κ2) is 3.47. The summed E-state index contributed by atoms with van der Waals surface area (Å²) in [6.45, 7) is 7.66. The van der Waals surface area contributed by atoms with Crippen molar-refractivity contribution in [1.29, 1.82) is 0 Å². The average molecular weight is 210 g/mol. The quantitative estimate of drug-likeness (QED) is 0.742. The zero-order valence-corrected chi connectivity index (χ0v) is 9.65. The van der Waals surface area contributed by atoms with Crippen LogP contribution in [0.5, 0.6) is 0 Å². The molecule has 0 saturated heterocycles. The van der Waals surface area contributed by atoms with Gasteiger partial charge in [0.15, 0.2) is 0 Å². The Kier molecular flexibility index (Phi) is 2.44. The third-order valence-electron chi connectivity index (χ3n) is 3.07. The molecular weight excluding hydrogens is 194 g/mol. The summed E-state index contributed by atoms with van der Waals surface area (Å²) in [5.74, 6) is 1.21. The van der Waals surface area contributed by atoms with Crippen LogP contribution in [0.15, 0.2) is 12.1 Å². The van der Waals surface area contributed by atoms with Crippen molar-refractivity contribution >= 4 is 17.3 Å². The van der Waals surface area contributed by atoms with Gasteiger partial charge in [-0.2, -0.15) is 0 Å². The molecule has 0 spiro atoms. The molecule has 76 valence electrons. The second-order valence-electron chi connectivity index (χ2n) is 4.38. The highest BCUT2D eigenvalue weighted by Gasteiger charge is 2.28. The van der Waals surface area contributed by atoms with E-state index < -0.39 is 0 Å². The lowest BCUT2D eigenvalue weighted by Crippen LogP contribution is -2.08. The standard InChI is InChI=1S/C12H16ClN/c1-7(2)9-6-14-12-8(3)4-5-10(13)11(9)12/h4-5,7,9,14H,6H2,1-3H3. The first-order chi connectivity index (χ1) is 6.61. The third kappa shape index (κ3) is 1.40. The number of halogens is 1. The van der Waals surface area contributed by atoms with E-state index in [1.165, 1.54) is 16.8 Å². The van der Waals surface area contributed by atoms with Crippen molar-refractivity contribution in [1.82, 2.24) is 0 Å². The molecule has 0 aromatic heterocycles. The summed E-state index contributed by atoms with van der Waals surface area (Å²) in [4.78, 5) is 0. The van der Waals surface area contributed by atoms with Gasteiger partial charge in [-0.25, -0.2) is 0 Å². The molecule has 0 amide bonds. The molecule has 0 aliphatic carbocycles. The number of hydrogen-bond donors (Lipinski definition) is 1. The minimum absolute atomic E-state index is 0.567. The van der Waals surface area contributed by atoms with Crippen LogP contribution in [-0.4, -0.2) is 6.54 Å². The summed E-state index contributed by atoms with van der Waals surface area (Å²) < 4.78 is 0. The molecule has 0 saturated carbocycles.